The fourth-order valence-electron chi connectivity index (χ4n) is 3.83. The maximum Gasteiger partial charge on any atom is 0.338 e. The minimum absolute atomic E-state index is 0.268. The predicted octanol–water partition coefficient (Wildman–Crippen LogP) is 6.20. The lowest BCUT2D eigenvalue weighted by atomic mass is 9.82. The zero-order valence-corrected chi connectivity index (χ0v) is 15.8. The third-order valence-electron chi connectivity index (χ3n) is 4.85. The molecule has 0 radical (unpaired) electrons. The molecule has 1 N–H and O–H groups in total. The van der Waals surface area contributed by atoms with E-state index in [0.29, 0.717) is 11.5 Å². The maximum atomic E-state index is 12.4. The molecule has 1 fully saturated rings. The van der Waals surface area contributed by atoms with Gasteiger partial charge in [-0.25, -0.2) is 4.79 Å². The van der Waals surface area contributed by atoms with Crippen LogP contribution in [0.1, 0.15) is 87.3 Å². The second kappa shape index (κ2) is 7.07. The van der Waals surface area contributed by atoms with Gasteiger partial charge in [0.1, 0.15) is 5.60 Å². The summed E-state index contributed by atoms with van der Waals surface area (Å²) in [6.07, 6.45) is 10.7. The Hall–Kier alpha value is -2.03. The quantitative estimate of drug-likeness (QED) is 0.676. The van der Waals surface area contributed by atoms with E-state index in [-0.39, 0.29) is 5.97 Å². The van der Waals surface area contributed by atoms with Crippen LogP contribution in [-0.4, -0.2) is 16.6 Å². The van der Waals surface area contributed by atoms with E-state index in [1.165, 1.54) is 48.7 Å². The Morgan fingerprint density at radius 2 is 1.92 bits per heavy atom. The number of ether oxygens (including phenoxy) is 1. The van der Waals surface area contributed by atoms with Gasteiger partial charge in [-0.3, -0.25) is 0 Å². The van der Waals surface area contributed by atoms with Crippen LogP contribution in [0.3, 0.4) is 0 Å². The lowest BCUT2D eigenvalue weighted by Gasteiger charge is -2.22. The molecule has 1 aromatic heterocycles. The van der Waals surface area contributed by atoms with Crippen molar-refractivity contribution in [3.8, 4) is 0 Å². The molecule has 0 saturated heterocycles. The Balaban J connectivity index is 2.01. The first-order chi connectivity index (χ1) is 11.9. The van der Waals surface area contributed by atoms with Crippen LogP contribution in [0.25, 0.3) is 17.0 Å². The molecule has 2 aromatic rings. The molecule has 0 aliphatic heterocycles. The number of fused-ring (bicyclic) bond motifs is 1. The number of H-pyrrole nitrogens is 1. The van der Waals surface area contributed by atoms with E-state index < -0.39 is 5.60 Å². The van der Waals surface area contributed by atoms with Crippen LogP contribution in [0.2, 0.25) is 0 Å². The number of aromatic amines is 1. The Morgan fingerprint density at radius 3 is 2.56 bits per heavy atom. The van der Waals surface area contributed by atoms with Crippen molar-refractivity contribution in [1.82, 2.24) is 4.98 Å². The number of carbonyl (C=O) groups excluding carboxylic acids is 1. The van der Waals surface area contributed by atoms with Crippen LogP contribution in [0, 0.1) is 0 Å². The molecule has 0 atom stereocenters. The molecule has 3 rings (SSSR count). The second-order valence-electron chi connectivity index (χ2n) is 8.05. The lowest BCUT2D eigenvalue weighted by Crippen LogP contribution is -2.23. The number of hydrogen-bond donors (Lipinski definition) is 1. The summed E-state index contributed by atoms with van der Waals surface area (Å²) in [6.45, 7) is 7.72. The Morgan fingerprint density at radius 1 is 1.20 bits per heavy atom. The highest BCUT2D eigenvalue weighted by Crippen LogP contribution is 2.39. The number of allylic oxidation sites excluding steroid dienone is 1. The van der Waals surface area contributed by atoms with Gasteiger partial charge in [-0.15, -0.1) is 0 Å². The summed E-state index contributed by atoms with van der Waals surface area (Å²) in [6, 6.07) is 5.92. The van der Waals surface area contributed by atoms with Crippen LogP contribution in [0.15, 0.2) is 24.3 Å². The molecule has 3 nitrogen and oxygen atoms in total. The third kappa shape index (κ3) is 3.97. The molecule has 1 aromatic carbocycles. The van der Waals surface area contributed by atoms with Crippen molar-refractivity contribution in [2.45, 2.75) is 71.3 Å². The van der Waals surface area contributed by atoms with Gasteiger partial charge in [0.05, 0.1) is 5.56 Å². The largest absolute Gasteiger partial charge is 0.456 e. The zero-order valence-electron chi connectivity index (χ0n) is 15.8. The van der Waals surface area contributed by atoms with Crippen molar-refractivity contribution < 1.29 is 9.53 Å². The summed E-state index contributed by atoms with van der Waals surface area (Å²) in [5.41, 5.74) is 3.75. The number of benzene rings is 1. The average molecular weight is 339 g/mol. The van der Waals surface area contributed by atoms with Crippen LogP contribution >= 0.6 is 0 Å². The average Bonchev–Trinajstić information content (AvgIpc) is 2.91. The highest BCUT2D eigenvalue weighted by atomic mass is 16.6. The van der Waals surface area contributed by atoms with E-state index in [9.17, 15) is 4.79 Å². The molecule has 1 aliphatic carbocycles. The van der Waals surface area contributed by atoms with Crippen molar-refractivity contribution in [3.05, 3.63) is 41.1 Å². The molecule has 0 unspecified atom stereocenters. The van der Waals surface area contributed by atoms with Gasteiger partial charge >= 0.3 is 5.97 Å². The van der Waals surface area contributed by atoms with Gasteiger partial charge in [0.25, 0.3) is 0 Å². The molecule has 134 valence electrons. The van der Waals surface area contributed by atoms with Gasteiger partial charge in [0.15, 0.2) is 0 Å². The smallest absolute Gasteiger partial charge is 0.338 e. The van der Waals surface area contributed by atoms with E-state index in [2.05, 4.69) is 23.2 Å². The lowest BCUT2D eigenvalue weighted by molar-refractivity contribution is 0.00697. The van der Waals surface area contributed by atoms with Crippen molar-refractivity contribution in [3.63, 3.8) is 0 Å². The molecular weight excluding hydrogens is 310 g/mol. The van der Waals surface area contributed by atoms with Crippen LogP contribution < -0.4 is 0 Å². The SMILES string of the molecule is C/C=C/c1[nH]c2cc(C(=O)OC(C)(C)C)ccc2c1C1CCCCC1. The number of aromatic nitrogens is 1. The fraction of sp³-hybridized carbons (Fsp3) is 0.500. The second-order valence-corrected chi connectivity index (χ2v) is 8.05. The molecule has 25 heavy (non-hydrogen) atoms. The number of nitrogens with one attached hydrogen (secondary N) is 1. The minimum atomic E-state index is -0.481. The summed E-state index contributed by atoms with van der Waals surface area (Å²) in [5.74, 6) is 0.344. The highest BCUT2D eigenvalue weighted by Gasteiger charge is 2.23. The number of esters is 1. The highest BCUT2D eigenvalue weighted by molar-refractivity contribution is 5.96. The van der Waals surface area contributed by atoms with Gasteiger partial charge in [-0.1, -0.05) is 31.4 Å². The Labute approximate surface area is 150 Å². The summed E-state index contributed by atoms with van der Waals surface area (Å²) in [4.78, 5) is 15.9. The van der Waals surface area contributed by atoms with E-state index in [4.69, 9.17) is 4.74 Å². The maximum absolute atomic E-state index is 12.4. The van der Waals surface area contributed by atoms with Crippen molar-refractivity contribution in [2.24, 2.45) is 0 Å². The molecule has 1 aliphatic rings. The normalized spacial score (nSPS) is 16.6. The van der Waals surface area contributed by atoms with E-state index in [1.807, 2.05) is 39.8 Å². The molecule has 0 amide bonds. The van der Waals surface area contributed by atoms with Gasteiger partial charge in [-0.05, 0) is 70.2 Å². The standard InChI is InChI=1S/C22H29NO2/c1-5-9-18-20(15-10-7-6-8-11-15)17-13-12-16(14-19(17)23-18)21(24)25-22(2,3)4/h5,9,12-15,23H,6-8,10-11H2,1-4H3/b9-5+. The van der Waals surface area contributed by atoms with E-state index in [0.717, 1.165) is 5.52 Å². The monoisotopic (exact) mass is 339 g/mol. The summed E-state index contributed by atoms with van der Waals surface area (Å²) in [5, 5.41) is 1.24. The van der Waals surface area contributed by atoms with Gasteiger partial charge < -0.3 is 9.72 Å². The minimum Gasteiger partial charge on any atom is -0.456 e. The number of hydrogen-bond acceptors (Lipinski definition) is 2. The van der Waals surface area contributed by atoms with Crippen molar-refractivity contribution in [1.29, 1.82) is 0 Å². The van der Waals surface area contributed by atoms with Gasteiger partial charge in [0, 0.05) is 16.6 Å². The Kier molecular flexibility index (Phi) is 5.03. The topological polar surface area (TPSA) is 42.1 Å². The van der Waals surface area contributed by atoms with Crippen molar-refractivity contribution in [2.75, 3.05) is 0 Å². The molecule has 3 heteroatoms. The molecule has 1 saturated carbocycles. The third-order valence-corrected chi connectivity index (χ3v) is 4.85. The van der Waals surface area contributed by atoms with Crippen LogP contribution in [-0.2, 0) is 4.74 Å². The van der Waals surface area contributed by atoms with Crippen LogP contribution in [0.5, 0.6) is 0 Å². The van der Waals surface area contributed by atoms with Crippen LogP contribution in [0.4, 0.5) is 0 Å². The number of carbonyl (C=O) groups is 1. The molecule has 1 heterocycles. The van der Waals surface area contributed by atoms with Gasteiger partial charge in [-0.2, -0.15) is 0 Å². The predicted molar refractivity (Wildman–Crippen MR) is 104 cm³/mol. The fourth-order valence-corrected chi connectivity index (χ4v) is 3.83. The molecule has 0 spiro atoms. The summed E-state index contributed by atoms with van der Waals surface area (Å²) < 4.78 is 5.51. The molecule has 0 bridgehead atoms. The summed E-state index contributed by atoms with van der Waals surface area (Å²) in [7, 11) is 0. The van der Waals surface area contributed by atoms with Gasteiger partial charge in [0.2, 0.25) is 0 Å². The first-order valence-corrected chi connectivity index (χ1v) is 9.40. The molecular formula is C22H29NO2. The van der Waals surface area contributed by atoms with E-state index in [1.54, 1.807) is 0 Å². The number of rotatable bonds is 3. The summed E-state index contributed by atoms with van der Waals surface area (Å²) >= 11 is 0. The zero-order chi connectivity index (χ0) is 18.0. The first kappa shape index (κ1) is 17.8. The van der Waals surface area contributed by atoms with E-state index >= 15 is 0 Å². The first-order valence-electron chi connectivity index (χ1n) is 9.40. The van der Waals surface area contributed by atoms with Crippen molar-refractivity contribution >= 4 is 22.9 Å². The Bertz CT molecular complexity index is 786.